The summed E-state index contributed by atoms with van der Waals surface area (Å²) in [6.45, 7) is 0.865. The highest BCUT2D eigenvalue weighted by Crippen LogP contribution is 2.27. The van der Waals surface area contributed by atoms with Crippen molar-refractivity contribution in [1.82, 2.24) is 10.3 Å². The Hall–Kier alpha value is -3.28. The number of pyridine rings is 1. The summed E-state index contributed by atoms with van der Waals surface area (Å²) >= 11 is 0. The Morgan fingerprint density at radius 1 is 1.04 bits per heavy atom. The molecule has 146 valence electrons. The summed E-state index contributed by atoms with van der Waals surface area (Å²) in [7, 11) is 3.20. The van der Waals surface area contributed by atoms with Gasteiger partial charge < -0.3 is 19.5 Å². The second-order valence-corrected chi connectivity index (χ2v) is 6.25. The molecule has 1 N–H and O–H groups in total. The van der Waals surface area contributed by atoms with Gasteiger partial charge in [0.2, 0.25) is 5.91 Å². The number of aryl methyl sites for hydroxylation is 1. The number of aromatic nitrogens is 1. The fraction of sp³-hybridized carbons (Fsp3) is 0.273. The van der Waals surface area contributed by atoms with E-state index in [1.54, 1.807) is 20.4 Å². The van der Waals surface area contributed by atoms with Crippen molar-refractivity contribution in [1.29, 1.82) is 0 Å². The summed E-state index contributed by atoms with van der Waals surface area (Å²) in [4.78, 5) is 16.3. The van der Waals surface area contributed by atoms with Gasteiger partial charge in [-0.2, -0.15) is 0 Å². The first-order valence-electron chi connectivity index (χ1n) is 9.15. The minimum atomic E-state index is -0.0129. The van der Waals surface area contributed by atoms with Crippen molar-refractivity contribution in [2.75, 3.05) is 27.4 Å². The molecule has 6 nitrogen and oxygen atoms in total. The van der Waals surface area contributed by atoms with Crippen molar-refractivity contribution >= 4 is 16.8 Å². The number of carbonyl (C=O) groups excluding carboxylic acids is 1. The molecule has 0 atom stereocenters. The zero-order valence-electron chi connectivity index (χ0n) is 16.1. The molecule has 0 aliphatic rings. The van der Waals surface area contributed by atoms with E-state index in [4.69, 9.17) is 14.2 Å². The SMILES string of the molecule is COc1ccc(CCC(=O)NCCOc2ccc3ncccc3c2)cc1OC. The molecule has 0 saturated heterocycles. The summed E-state index contributed by atoms with van der Waals surface area (Å²) in [6.07, 6.45) is 2.79. The minimum absolute atomic E-state index is 0.0129. The van der Waals surface area contributed by atoms with Crippen LogP contribution in [-0.2, 0) is 11.2 Å². The lowest BCUT2D eigenvalue weighted by atomic mass is 10.1. The quantitative estimate of drug-likeness (QED) is 0.577. The summed E-state index contributed by atoms with van der Waals surface area (Å²) < 4.78 is 16.2. The highest BCUT2D eigenvalue weighted by atomic mass is 16.5. The maximum absolute atomic E-state index is 12.0. The molecule has 0 unspecified atom stereocenters. The van der Waals surface area contributed by atoms with Gasteiger partial charge in [-0.25, -0.2) is 0 Å². The van der Waals surface area contributed by atoms with Crippen molar-refractivity contribution < 1.29 is 19.0 Å². The molecule has 6 heteroatoms. The van der Waals surface area contributed by atoms with Crippen molar-refractivity contribution in [3.05, 3.63) is 60.3 Å². The van der Waals surface area contributed by atoms with Gasteiger partial charge in [0.05, 0.1) is 26.3 Å². The second-order valence-electron chi connectivity index (χ2n) is 6.25. The van der Waals surface area contributed by atoms with Crippen LogP contribution in [0.15, 0.2) is 54.7 Å². The molecule has 1 aromatic heterocycles. The number of fused-ring (bicyclic) bond motifs is 1. The average molecular weight is 380 g/mol. The van der Waals surface area contributed by atoms with Crippen LogP contribution in [-0.4, -0.2) is 38.3 Å². The smallest absolute Gasteiger partial charge is 0.220 e. The Bertz CT molecular complexity index is 943. The van der Waals surface area contributed by atoms with Gasteiger partial charge in [0.15, 0.2) is 11.5 Å². The average Bonchev–Trinajstić information content (AvgIpc) is 2.74. The van der Waals surface area contributed by atoms with E-state index in [9.17, 15) is 4.79 Å². The number of nitrogens with zero attached hydrogens (tertiary/aromatic N) is 1. The second kappa shape index (κ2) is 9.60. The number of rotatable bonds is 9. The number of methoxy groups -OCH3 is 2. The maximum atomic E-state index is 12.0. The maximum Gasteiger partial charge on any atom is 0.220 e. The number of benzene rings is 2. The van der Waals surface area contributed by atoms with Gasteiger partial charge in [0.25, 0.3) is 0 Å². The van der Waals surface area contributed by atoms with Gasteiger partial charge in [-0.05, 0) is 48.4 Å². The van der Waals surface area contributed by atoms with E-state index < -0.39 is 0 Å². The van der Waals surface area contributed by atoms with Crippen LogP contribution in [0.5, 0.6) is 17.2 Å². The fourth-order valence-corrected chi connectivity index (χ4v) is 2.89. The predicted molar refractivity (Wildman–Crippen MR) is 108 cm³/mol. The first-order chi connectivity index (χ1) is 13.7. The van der Waals surface area contributed by atoms with Crippen LogP contribution < -0.4 is 19.5 Å². The molecular weight excluding hydrogens is 356 g/mol. The number of ether oxygens (including phenoxy) is 3. The summed E-state index contributed by atoms with van der Waals surface area (Å²) in [5, 5.41) is 3.91. The van der Waals surface area contributed by atoms with Gasteiger partial charge in [-0.15, -0.1) is 0 Å². The lowest BCUT2D eigenvalue weighted by molar-refractivity contribution is -0.121. The molecule has 2 aromatic carbocycles. The first-order valence-corrected chi connectivity index (χ1v) is 9.15. The molecule has 3 aromatic rings. The zero-order valence-corrected chi connectivity index (χ0v) is 16.1. The number of carbonyl (C=O) groups is 1. The third-order valence-electron chi connectivity index (χ3n) is 4.36. The van der Waals surface area contributed by atoms with Crippen molar-refractivity contribution in [2.45, 2.75) is 12.8 Å². The molecule has 1 amide bonds. The fourth-order valence-electron chi connectivity index (χ4n) is 2.89. The Morgan fingerprint density at radius 3 is 2.71 bits per heavy atom. The summed E-state index contributed by atoms with van der Waals surface area (Å²) in [5.41, 5.74) is 1.95. The molecule has 0 aliphatic heterocycles. The minimum Gasteiger partial charge on any atom is -0.493 e. The van der Waals surface area contributed by atoms with E-state index in [0.29, 0.717) is 37.5 Å². The molecule has 0 spiro atoms. The van der Waals surface area contributed by atoms with Crippen LogP contribution in [0.25, 0.3) is 10.9 Å². The highest BCUT2D eigenvalue weighted by molar-refractivity contribution is 5.79. The van der Waals surface area contributed by atoms with E-state index in [2.05, 4.69) is 10.3 Å². The van der Waals surface area contributed by atoms with Crippen LogP contribution in [0.3, 0.4) is 0 Å². The van der Waals surface area contributed by atoms with Crippen molar-refractivity contribution in [3.63, 3.8) is 0 Å². The molecule has 0 aliphatic carbocycles. The van der Waals surface area contributed by atoms with Gasteiger partial charge in [0.1, 0.15) is 12.4 Å². The Balaban J connectivity index is 1.40. The number of nitrogens with one attached hydrogen (secondary N) is 1. The van der Waals surface area contributed by atoms with E-state index in [-0.39, 0.29) is 5.91 Å². The predicted octanol–water partition coefficient (Wildman–Crippen LogP) is 3.38. The van der Waals surface area contributed by atoms with Gasteiger partial charge in [-0.1, -0.05) is 12.1 Å². The Kier molecular flexibility index (Phi) is 6.68. The molecule has 0 radical (unpaired) electrons. The molecular formula is C22H24N2O4. The zero-order chi connectivity index (χ0) is 19.8. The monoisotopic (exact) mass is 380 g/mol. The van der Waals surface area contributed by atoms with Crippen LogP contribution >= 0.6 is 0 Å². The van der Waals surface area contributed by atoms with E-state index in [0.717, 1.165) is 22.2 Å². The molecule has 0 fully saturated rings. The van der Waals surface area contributed by atoms with E-state index in [1.165, 1.54) is 0 Å². The lowest BCUT2D eigenvalue weighted by Crippen LogP contribution is -2.28. The van der Waals surface area contributed by atoms with Crippen molar-refractivity contribution in [2.24, 2.45) is 0 Å². The van der Waals surface area contributed by atoms with Crippen LogP contribution in [0.1, 0.15) is 12.0 Å². The molecule has 1 heterocycles. The van der Waals surface area contributed by atoms with Crippen LogP contribution in [0, 0.1) is 0 Å². The largest absolute Gasteiger partial charge is 0.493 e. The van der Waals surface area contributed by atoms with Crippen LogP contribution in [0.2, 0.25) is 0 Å². The molecule has 0 saturated carbocycles. The lowest BCUT2D eigenvalue weighted by Gasteiger charge is -2.10. The topological polar surface area (TPSA) is 69.7 Å². The summed E-state index contributed by atoms with van der Waals surface area (Å²) in [5.74, 6) is 2.10. The third kappa shape index (κ3) is 5.13. The standard InChI is InChI=1S/C22H24N2O4/c1-26-20-9-5-16(14-21(20)27-2)6-10-22(25)24-12-13-28-18-7-8-19-17(15-18)4-3-11-23-19/h3-5,7-9,11,14-15H,6,10,12-13H2,1-2H3,(H,24,25). The number of hydrogen-bond donors (Lipinski definition) is 1. The first kappa shape index (κ1) is 19.5. The third-order valence-corrected chi connectivity index (χ3v) is 4.36. The molecule has 3 rings (SSSR count). The van der Waals surface area contributed by atoms with Gasteiger partial charge >= 0.3 is 0 Å². The normalized spacial score (nSPS) is 10.5. The van der Waals surface area contributed by atoms with E-state index in [1.807, 2.05) is 48.5 Å². The number of hydrogen-bond acceptors (Lipinski definition) is 5. The van der Waals surface area contributed by atoms with Gasteiger partial charge in [0, 0.05) is 18.0 Å². The molecule has 28 heavy (non-hydrogen) atoms. The van der Waals surface area contributed by atoms with Crippen LogP contribution in [0.4, 0.5) is 0 Å². The van der Waals surface area contributed by atoms with E-state index >= 15 is 0 Å². The van der Waals surface area contributed by atoms with Gasteiger partial charge in [-0.3, -0.25) is 9.78 Å². The Morgan fingerprint density at radius 2 is 1.89 bits per heavy atom. The summed E-state index contributed by atoms with van der Waals surface area (Å²) in [6, 6.07) is 15.3. The number of amides is 1. The highest BCUT2D eigenvalue weighted by Gasteiger charge is 2.07. The van der Waals surface area contributed by atoms with Crippen molar-refractivity contribution in [3.8, 4) is 17.2 Å². The molecule has 0 bridgehead atoms. The Labute approximate surface area is 164 Å².